The van der Waals surface area contributed by atoms with Gasteiger partial charge in [-0.2, -0.15) is 5.10 Å². The van der Waals surface area contributed by atoms with Crippen molar-refractivity contribution >= 4 is 52.1 Å². The molecule has 1 aromatic carbocycles. The lowest BCUT2D eigenvalue weighted by Gasteiger charge is -2.44. The van der Waals surface area contributed by atoms with Gasteiger partial charge in [0.1, 0.15) is 10.8 Å². The second kappa shape index (κ2) is 8.43. The van der Waals surface area contributed by atoms with Gasteiger partial charge in [-0.1, -0.05) is 49.8 Å². The first-order chi connectivity index (χ1) is 15.9. The Morgan fingerprint density at radius 1 is 1.12 bits per heavy atom. The molecule has 2 aromatic heterocycles. The molecular formula is C24H26ClN7S. The predicted octanol–water partition coefficient (Wildman–Crippen LogP) is 4.94. The van der Waals surface area contributed by atoms with Crippen molar-refractivity contribution in [2.75, 3.05) is 29.9 Å². The van der Waals surface area contributed by atoms with Crippen LogP contribution in [0.15, 0.2) is 53.8 Å². The molecule has 0 aliphatic carbocycles. The number of aromatic nitrogens is 3. The number of thiocarbonyl (C=S) groups is 1. The van der Waals surface area contributed by atoms with Crippen LogP contribution in [0, 0.1) is 5.41 Å². The van der Waals surface area contributed by atoms with Gasteiger partial charge in [0.15, 0.2) is 5.82 Å². The molecule has 2 aliphatic heterocycles. The molecule has 7 nitrogen and oxygen atoms in total. The Bertz CT molecular complexity index is 1220. The minimum Gasteiger partial charge on any atom is -0.340 e. The monoisotopic (exact) mass is 479 g/mol. The summed E-state index contributed by atoms with van der Waals surface area (Å²) in [4.78, 5) is 14.1. The van der Waals surface area contributed by atoms with E-state index in [-0.39, 0.29) is 5.41 Å². The van der Waals surface area contributed by atoms with Gasteiger partial charge in [-0.25, -0.2) is 4.68 Å². The van der Waals surface area contributed by atoms with E-state index >= 15 is 0 Å². The minimum atomic E-state index is 0.0395. The maximum absolute atomic E-state index is 6.11. The topological polar surface area (TPSA) is 61.6 Å². The van der Waals surface area contributed by atoms with Crippen LogP contribution in [0.4, 0.5) is 17.3 Å². The second-order valence-electron chi connectivity index (χ2n) is 9.11. The highest BCUT2D eigenvalue weighted by molar-refractivity contribution is 7.80. The quantitative estimate of drug-likeness (QED) is 0.523. The van der Waals surface area contributed by atoms with E-state index in [4.69, 9.17) is 33.9 Å². The number of nitrogens with zero attached hydrogens (tertiary/aromatic N) is 6. The highest BCUT2D eigenvalue weighted by Gasteiger charge is 2.42. The molecule has 4 heterocycles. The summed E-state index contributed by atoms with van der Waals surface area (Å²) in [7, 11) is 0. The Balaban J connectivity index is 1.66. The van der Waals surface area contributed by atoms with Gasteiger partial charge in [-0.05, 0) is 36.8 Å². The first-order valence-corrected chi connectivity index (χ1v) is 11.8. The Labute approximate surface area is 204 Å². The predicted molar refractivity (Wildman–Crippen MR) is 138 cm³/mol. The second-order valence-corrected chi connectivity index (χ2v) is 9.93. The van der Waals surface area contributed by atoms with Crippen molar-refractivity contribution < 1.29 is 0 Å². The Morgan fingerprint density at radius 3 is 2.55 bits per heavy atom. The van der Waals surface area contributed by atoms with Crippen LogP contribution in [-0.4, -0.2) is 50.2 Å². The van der Waals surface area contributed by atoms with Gasteiger partial charge in [-0.3, -0.25) is 14.9 Å². The van der Waals surface area contributed by atoms with Crippen LogP contribution in [0.2, 0.25) is 5.02 Å². The first kappa shape index (κ1) is 21.9. The normalized spacial score (nSPS) is 16.8. The maximum Gasteiger partial charge on any atom is 0.207 e. The van der Waals surface area contributed by atoms with E-state index in [2.05, 4.69) is 40.9 Å². The molecule has 0 radical (unpaired) electrons. The van der Waals surface area contributed by atoms with Crippen molar-refractivity contribution in [1.29, 1.82) is 0 Å². The van der Waals surface area contributed by atoms with Crippen LogP contribution in [0.25, 0.3) is 0 Å². The summed E-state index contributed by atoms with van der Waals surface area (Å²) in [5.74, 6) is 2.60. The smallest absolute Gasteiger partial charge is 0.207 e. The van der Waals surface area contributed by atoms with E-state index in [0.29, 0.717) is 11.6 Å². The lowest BCUT2D eigenvalue weighted by atomic mass is 9.91. The van der Waals surface area contributed by atoms with Gasteiger partial charge < -0.3 is 10.2 Å². The number of hydrogen-bond donors (Lipinski definition) is 1. The average Bonchev–Trinajstić information content (AvgIpc) is 3.15. The van der Waals surface area contributed by atoms with Crippen molar-refractivity contribution in [3.05, 3.63) is 64.9 Å². The number of guanidine groups is 1. The Kier molecular flexibility index (Phi) is 5.58. The molecule has 0 bridgehead atoms. The van der Waals surface area contributed by atoms with Gasteiger partial charge in [0.05, 0.1) is 12.1 Å². The summed E-state index contributed by atoms with van der Waals surface area (Å²) in [6.07, 6.45) is 3.53. The highest BCUT2D eigenvalue weighted by atomic mass is 35.5. The zero-order valence-corrected chi connectivity index (χ0v) is 20.5. The van der Waals surface area contributed by atoms with Crippen molar-refractivity contribution in [2.24, 2.45) is 10.4 Å². The summed E-state index contributed by atoms with van der Waals surface area (Å²) in [6.45, 7) is 9.48. The van der Waals surface area contributed by atoms with Gasteiger partial charge >= 0.3 is 0 Å². The largest absolute Gasteiger partial charge is 0.340 e. The number of benzene rings is 1. The third-order valence-corrected chi connectivity index (χ3v) is 6.55. The summed E-state index contributed by atoms with van der Waals surface area (Å²) < 4.78 is 1.99. The first-order valence-electron chi connectivity index (χ1n) is 11.0. The van der Waals surface area contributed by atoms with E-state index < -0.39 is 0 Å². The van der Waals surface area contributed by atoms with E-state index in [0.717, 1.165) is 59.0 Å². The molecule has 0 atom stereocenters. The van der Waals surface area contributed by atoms with Gasteiger partial charge in [0.2, 0.25) is 5.96 Å². The number of halogens is 1. The number of hydrogen-bond acceptors (Lipinski definition) is 6. The summed E-state index contributed by atoms with van der Waals surface area (Å²) >= 11 is 12.1. The van der Waals surface area contributed by atoms with Crippen molar-refractivity contribution in [2.45, 2.75) is 27.3 Å². The molecule has 5 rings (SSSR count). The number of fused-ring (bicyclic) bond motifs is 3. The SMILES string of the molecule is CCN1C(=S)c2c(nn(Cc3ccc(Cl)cc3)c2Nc2ccncc2)N2CC(C)(C)CN=C12. The third kappa shape index (κ3) is 4.09. The number of anilines is 3. The minimum absolute atomic E-state index is 0.0395. The molecule has 0 amide bonds. The van der Waals surface area contributed by atoms with Crippen LogP contribution in [0.3, 0.4) is 0 Å². The molecule has 9 heteroatoms. The molecule has 0 fully saturated rings. The van der Waals surface area contributed by atoms with Gasteiger partial charge in [0, 0.05) is 48.2 Å². The molecule has 0 saturated heterocycles. The molecular weight excluding hydrogens is 454 g/mol. The van der Waals surface area contributed by atoms with Gasteiger partial charge in [-0.15, -0.1) is 0 Å². The van der Waals surface area contributed by atoms with Crippen LogP contribution in [-0.2, 0) is 6.54 Å². The number of rotatable bonds is 5. The lowest BCUT2D eigenvalue weighted by Crippen LogP contribution is -2.57. The number of nitrogens with one attached hydrogen (secondary N) is 1. The summed E-state index contributed by atoms with van der Waals surface area (Å²) in [6, 6.07) is 11.7. The highest BCUT2D eigenvalue weighted by Crippen LogP contribution is 2.39. The van der Waals surface area contributed by atoms with Gasteiger partial charge in [0.25, 0.3) is 0 Å². The molecule has 33 heavy (non-hydrogen) atoms. The Morgan fingerprint density at radius 2 is 1.85 bits per heavy atom. The summed E-state index contributed by atoms with van der Waals surface area (Å²) in [5.41, 5.74) is 2.99. The average molecular weight is 480 g/mol. The van der Waals surface area contributed by atoms with Crippen LogP contribution < -0.4 is 10.2 Å². The standard InChI is InChI=1S/C24H26ClN7S/c1-4-30-22(33)19-20(28-18-9-11-26-12-10-18)32(13-16-5-7-17(25)8-6-16)29-21(19)31-15-24(2,3)14-27-23(30)31/h5-12H,4,13-15H2,1-3H3,(H,26,28). The molecule has 1 N–H and O–H groups in total. The van der Waals surface area contributed by atoms with E-state index in [9.17, 15) is 0 Å². The molecule has 0 saturated carbocycles. The molecule has 2 aliphatic rings. The summed E-state index contributed by atoms with van der Waals surface area (Å²) in [5, 5.41) is 9.34. The molecule has 3 aromatic rings. The molecule has 0 unspecified atom stereocenters. The molecule has 0 spiro atoms. The zero-order valence-electron chi connectivity index (χ0n) is 18.9. The zero-order chi connectivity index (χ0) is 23.2. The fourth-order valence-corrected chi connectivity index (χ4v) is 4.77. The van der Waals surface area contributed by atoms with E-state index in [1.165, 1.54) is 0 Å². The van der Waals surface area contributed by atoms with E-state index in [1.54, 1.807) is 12.4 Å². The number of pyridine rings is 1. The molecule has 170 valence electrons. The van der Waals surface area contributed by atoms with Crippen LogP contribution in [0.5, 0.6) is 0 Å². The van der Waals surface area contributed by atoms with E-state index in [1.807, 2.05) is 41.1 Å². The lowest BCUT2D eigenvalue weighted by molar-refractivity contribution is 0.368. The maximum atomic E-state index is 6.11. The number of aliphatic imine (C=N–C) groups is 1. The Hall–Kier alpha value is -2.97. The van der Waals surface area contributed by atoms with Crippen molar-refractivity contribution in [3.8, 4) is 0 Å². The van der Waals surface area contributed by atoms with Crippen molar-refractivity contribution in [3.63, 3.8) is 0 Å². The third-order valence-electron chi connectivity index (χ3n) is 5.87. The van der Waals surface area contributed by atoms with Crippen molar-refractivity contribution in [1.82, 2.24) is 19.7 Å². The van der Waals surface area contributed by atoms with Crippen LogP contribution >= 0.6 is 23.8 Å². The fraction of sp³-hybridized carbons (Fsp3) is 0.333. The van der Waals surface area contributed by atoms with Crippen LogP contribution in [0.1, 0.15) is 31.9 Å². The fourth-order valence-electron chi connectivity index (χ4n) is 4.24.